The van der Waals surface area contributed by atoms with Gasteiger partial charge in [-0.1, -0.05) is 36.4 Å². The molecular formula is C17H18ClN. The normalized spacial score (nSPS) is 23.1. The van der Waals surface area contributed by atoms with Gasteiger partial charge >= 0.3 is 0 Å². The van der Waals surface area contributed by atoms with Gasteiger partial charge in [0.2, 0.25) is 0 Å². The third-order valence-electron chi connectivity index (χ3n) is 4.04. The first kappa shape index (κ1) is 12.7. The highest BCUT2D eigenvalue weighted by Gasteiger charge is 2.43. The Bertz CT molecular complexity index is 552. The van der Waals surface area contributed by atoms with E-state index in [2.05, 4.69) is 48.3 Å². The predicted molar refractivity (Wildman–Crippen MR) is 79.6 cm³/mol. The van der Waals surface area contributed by atoms with Gasteiger partial charge in [0.15, 0.2) is 0 Å². The Morgan fingerprint density at radius 3 is 2.74 bits per heavy atom. The first-order valence-electron chi connectivity index (χ1n) is 6.85. The molecule has 3 atom stereocenters. The Hall–Kier alpha value is -1.34. The monoisotopic (exact) mass is 271 g/mol. The number of rotatable bonds is 4. The zero-order valence-corrected chi connectivity index (χ0v) is 11.8. The molecule has 0 saturated heterocycles. The Morgan fingerprint density at radius 1 is 1.21 bits per heavy atom. The Kier molecular flexibility index (Phi) is 3.56. The average Bonchev–Trinajstić information content (AvgIpc) is 3.23. The Labute approximate surface area is 119 Å². The molecule has 19 heavy (non-hydrogen) atoms. The molecule has 3 rings (SSSR count). The maximum atomic E-state index is 6.59. The minimum atomic E-state index is 0.193. The van der Waals surface area contributed by atoms with Crippen molar-refractivity contribution in [2.45, 2.75) is 31.1 Å². The zero-order chi connectivity index (χ0) is 13.2. The summed E-state index contributed by atoms with van der Waals surface area (Å²) in [5.41, 5.74) is 3.81. The van der Waals surface area contributed by atoms with Crippen LogP contribution >= 0.6 is 11.6 Å². The van der Waals surface area contributed by atoms with Crippen molar-refractivity contribution < 1.29 is 0 Å². The summed E-state index contributed by atoms with van der Waals surface area (Å²) in [5.74, 6) is 1.25. The number of hydrogen-bond acceptors (Lipinski definition) is 1. The average molecular weight is 272 g/mol. The molecule has 2 aromatic rings. The van der Waals surface area contributed by atoms with Crippen LogP contribution in [-0.4, -0.2) is 10.4 Å². The fourth-order valence-electron chi connectivity index (χ4n) is 2.77. The molecule has 0 radical (unpaired) electrons. The molecule has 3 unspecified atom stereocenters. The van der Waals surface area contributed by atoms with E-state index < -0.39 is 0 Å². The van der Waals surface area contributed by atoms with E-state index >= 15 is 0 Å². The van der Waals surface area contributed by atoms with Crippen LogP contribution in [0.15, 0.2) is 48.7 Å². The van der Waals surface area contributed by atoms with E-state index in [1.165, 1.54) is 17.5 Å². The minimum Gasteiger partial charge on any atom is -0.261 e. The van der Waals surface area contributed by atoms with Crippen molar-refractivity contribution in [3.63, 3.8) is 0 Å². The van der Waals surface area contributed by atoms with Crippen LogP contribution in [0, 0.1) is 12.8 Å². The molecule has 1 saturated carbocycles. The molecule has 2 heteroatoms. The summed E-state index contributed by atoms with van der Waals surface area (Å²) in [6, 6.07) is 14.8. The molecule has 0 amide bonds. The number of benzene rings is 1. The lowest BCUT2D eigenvalue weighted by Gasteiger charge is -2.10. The van der Waals surface area contributed by atoms with E-state index in [1.54, 1.807) is 0 Å². The van der Waals surface area contributed by atoms with Crippen molar-refractivity contribution in [3.8, 4) is 0 Å². The number of halogens is 1. The molecule has 1 aliphatic rings. The van der Waals surface area contributed by atoms with Gasteiger partial charge in [-0.05, 0) is 42.4 Å². The summed E-state index contributed by atoms with van der Waals surface area (Å²) in [6.07, 6.45) is 3.94. The standard InChI is InChI=1S/C17H18ClN/c1-12-6-5-9-19-17(12)11-16(18)15-10-14(15)13-7-3-2-4-8-13/h2-9,14-16H,10-11H2,1H3. The van der Waals surface area contributed by atoms with Crippen molar-refractivity contribution in [1.29, 1.82) is 0 Å². The number of alkyl halides is 1. The molecule has 98 valence electrons. The summed E-state index contributed by atoms with van der Waals surface area (Å²) in [5, 5.41) is 0.193. The van der Waals surface area contributed by atoms with E-state index in [9.17, 15) is 0 Å². The molecule has 0 bridgehead atoms. The molecule has 1 aliphatic carbocycles. The van der Waals surface area contributed by atoms with Gasteiger partial charge in [0.1, 0.15) is 0 Å². The summed E-state index contributed by atoms with van der Waals surface area (Å²) in [4.78, 5) is 4.44. The van der Waals surface area contributed by atoms with Crippen molar-refractivity contribution in [1.82, 2.24) is 4.98 Å². The van der Waals surface area contributed by atoms with Crippen LogP contribution in [0.3, 0.4) is 0 Å². The molecule has 0 spiro atoms. The molecule has 0 N–H and O–H groups in total. The minimum absolute atomic E-state index is 0.193. The van der Waals surface area contributed by atoms with E-state index in [4.69, 9.17) is 11.6 Å². The van der Waals surface area contributed by atoms with Crippen molar-refractivity contribution in [2.24, 2.45) is 5.92 Å². The lowest BCUT2D eigenvalue weighted by molar-refractivity contribution is 0.700. The van der Waals surface area contributed by atoms with Gasteiger partial charge in [-0.15, -0.1) is 11.6 Å². The maximum absolute atomic E-state index is 6.59. The topological polar surface area (TPSA) is 12.9 Å². The largest absolute Gasteiger partial charge is 0.261 e. The fourth-order valence-corrected chi connectivity index (χ4v) is 3.19. The Balaban J connectivity index is 1.64. The van der Waals surface area contributed by atoms with Crippen molar-refractivity contribution in [2.75, 3.05) is 0 Å². The number of aromatic nitrogens is 1. The molecule has 1 nitrogen and oxygen atoms in total. The first-order chi connectivity index (χ1) is 9.25. The van der Waals surface area contributed by atoms with Crippen LogP contribution in [0.1, 0.15) is 29.2 Å². The number of pyridine rings is 1. The van der Waals surface area contributed by atoms with Gasteiger partial charge in [0.05, 0.1) is 0 Å². The van der Waals surface area contributed by atoms with Crippen LogP contribution in [-0.2, 0) is 6.42 Å². The van der Waals surface area contributed by atoms with Crippen molar-refractivity contribution in [3.05, 3.63) is 65.5 Å². The second-order valence-corrected chi connectivity index (χ2v) is 5.96. The maximum Gasteiger partial charge on any atom is 0.0447 e. The number of aryl methyl sites for hydroxylation is 1. The fraction of sp³-hybridized carbons (Fsp3) is 0.353. The van der Waals surface area contributed by atoms with Crippen LogP contribution in [0.25, 0.3) is 0 Å². The van der Waals surface area contributed by atoms with E-state index in [-0.39, 0.29) is 5.38 Å². The molecule has 1 aromatic heterocycles. The van der Waals surface area contributed by atoms with Crippen LogP contribution in [0.5, 0.6) is 0 Å². The zero-order valence-electron chi connectivity index (χ0n) is 11.1. The van der Waals surface area contributed by atoms with Gasteiger partial charge in [-0.25, -0.2) is 0 Å². The second kappa shape index (κ2) is 5.34. The molecule has 1 fully saturated rings. The van der Waals surface area contributed by atoms with Crippen molar-refractivity contribution >= 4 is 11.6 Å². The Morgan fingerprint density at radius 2 is 2.00 bits per heavy atom. The lowest BCUT2D eigenvalue weighted by atomic mass is 10.0. The van der Waals surface area contributed by atoms with Gasteiger partial charge in [-0.2, -0.15) is 0 Å². The van der Waals surface area contributed by atoms with Crippen LogP contribution < -0.4 is 0 Å². The third kappa shape index (κ3) is 2.82. The molecular weight excluding hydrogens is 254 g/mol. The van der Waals surface area contributed by atoms with Gasteiger partial charge in [0.25, 0.3) is 0 Å². The smallest absolute Gasteiger partial charge is 0.0447 e. The van der Waals surface area contributed by atoms with Crippen LogP contribution in [0.4, 0.5) is 0 Å². The highest BCUT2D eigenvalue weighted by Crippen LogP contribution is 2.51. The quantitative estimate of drug-likeness (QED) is 0.754. The number of hydrogen-bond donors (Lipinski definition) is 0. The lowest BCUT2D eigenvalue weighted by Crippen LogP contribution is -2.09. The summed E-state index contributed by atoms with van der Waals surface area (Å²) in [6.45, 7) is 2.10. The SMILES string of the molecule is Cc1cccnc1CC(Cl)C1CC1c1ccccc1. The second-order valence-electron chi connectivity index (χ2n) is 5.40. The van der Waals surface area contributed by atoms with Gasteiger partial charge in [0, 0.05) is 23.7 Å². The van der Waals surface area contributed by atoms with Gasteiger partial charge in [-0.3, -0.25) is 4.98 Å². The summed E-state index contributed by atoms with van der Waals surface area (Å²) in [7, 11) is 0. The summed E-state index contributed by atoms with van der Waals surface area (Å²) < 4.78 is 0. The molecule has 1 heterocycles. The van der Waals surface area contributed by atoms with Crippen LogP contribution in [0.2, 0.25) is 0 Å². The molecule has 0 aliphatic heterocycles. The molecule has 1 aromatic carbocycles. The highest BCUT2D eigenvalue weighted by atomic mass is 35.5. The third-order valence-corrected chi connectivity index (χ3v) is 4.52. The highest BCUT2D eigenvalue weighted by molar-refractivity contribution is 6.21. The van der Waals surface area contributed by atoms with Gasteiger partial charge < -0.3 is 0 Å². The predicted octanol–water partition coefficient (Wildman–Crippen LogP) is 4.34. The summed E-state index contributed by atoms with van der Waals surface area (Å²) >= 11 is 6.59. The first-order valence-corrected chi connectivity index (χ1v) is 7.29. The van der Waals surface area contributed by atoms with E-state index in [1.807, 2.05) is 12.3 Å². The number of nitrogens with zero attached hydrogens (tertiary/aromatic N) is 1. The van der Waals surface area contributed by atoms with E-state index in [0.29, 0.717) is 11.8 Å². The van der Waals surface area contributed by atoms with E-state index in [0.717, 1.165) is 12.1 Å².